The molecule has 146 valence electrons. The van der Waals surface area contributed by atoms with Gasteiger partial charge in [-0.3, -0.25) is 9.59 Å². The molecule has 1 N–H and O–H groups in total. The van der Waals surface area contributed by atoms with Crippen molar-refractivity contribution in [1.82, 2.24) is 9.62 Å². The molecule has 1 amide bonds. The third-order valence-electron chi connectivity index (χ3n) is 3.23. The van der Waals surface area contributed by atoms with Crippen LogP contribution in [0.15, 0.2) is 29.2 Å². The Morgan fingerprint density at radius 1 is 1.27 bits per heavy atom. The molecular formula is C15H19F3N2O5S. The molecule has 7 nitrogen and oxygen atoms in total. The standard InChI is InChI=1S/C15H19F3N2O5S/c1-4-25-13(21)9-20(3)14(22)10(2)19-26(23,24)12-8-6-5-7-11(12)15(16,17)18/h5-8,10,19H,4,9H2,1-3H3/t10-/m0/s1. The van der Waals surface area contributed by atoms with Crippen molar-refractivity contribution >= 4 is 21.9 Å². The molecule has 0 aliphatic carbocycles. The predicted molar refractivity (Wildman–Crippen MR) is 85.5 cm³/mol. The first-order valence-electron chi connectivity index (χ1n) is 7.49. The highest BCUT2D eigenvalue weighted by Gasteiger charge is 2.37. The van der Waals surface area contributed by atoms with E-state index in [2.05, 4.69) is 4.74 Å². The van der Waals surface area contributed by atoms with Gasteiger partial charge in [0.1, 0.15) is 6.54 Å². The van der Waals surface area contributed by atoms with E-state index in [9.17, 15) is 31.2 Å². The maximum absolute atomic E-state index is 13.0. The van der Waals surface area contributed by atoms with E-state index in [1.165, 1.54) is 7.05 Å². The van der Waals surface area contributed by atoms with Gasteiger partial charge in [-0.25, -0.2) is 8.42 Å². The van der Waals surface area contributed by atoms with Gasteiger partial charge in [-0.2, -0.15) is 17.9 Å². The van der Waals surface area contributed by atoms with Crippen molar-refractivity contribution in [3.63, 3.8) is 0 Å². The predicted octanol–water partition coefficient (Wildman–Crippen LogP) is 1.39. The van der Waals surface area contributed by atoms with Gasteiger partial charge < -0.3 is 9.64 Å². The Morgan fingerprint density at radius 3 is 2.38 bits per heavy atom. The third-order valence-corrected chi connectivity index (χ3v) is 4.83. The fraction of sp³-hybridized carbons (Fsp3) is 0.467. The van der Waals surface area contributed by atoms with E-state index in [4.69, 9.17) is 0 Å². The average Bonchev–Trinajstić information content (AvgIpc) is 2.53. The lowest BCUT2D eigenvalue weighted by Crippen LogP contribution is -2.47. The van der Waals surface area contributed by atoms with Crippen molar-refractivity contribution in [3.05, 3.63) is 29.8 Å². The lowest BCUT2D eigenvalue weighted by Gasteiger charge is -2.22. The van der Waals surface area contributed by atoms with Gasteiger partial charge in [0.25, 0.3) is 0 Å². The van der Waals surface area contributed by atoms with Gasteiger partial charge in [0, 0.05) is 7.05 Å². The molecule has 0 aliphatic rings. The Morgan fingerprint density at radius 2 is 1.85 bits per heavy atom. The highest BCUT2D eigenvalue weighted by molar-refractivity contribution is 7.89. The molecule has 0 saturated heterocycles. The molecule has 0 fully saturated rings. The molecule has 0 unspecified atom stereocenters. The number of carbonyl (C=O) groups excluding carboxylic acids is 2. The first-order chi connectivity index (χ1) is 11.9. The minimum Gasteiger partial charge on any atom is -0.465 e. The summed E-state index contributed by atoms with van der Waals surface area (Å²) in [5.74, 6) is -1.49. The van der Waals surface area contributed by atoms with Gasteiger partial charge in [-0.05, 0) is 26.0 Å². The number of hydrogen-bond donors (Lipinski definition) is 1. The van der Waals surface area contributed by atoms with E-state index < -0.39 is 51.1 Å². The molecule has 0 heterocycles. The first-order valence-corrected chi connectivity index (χ1v) is 8.97. The van der Waals surface area contributed by atoms with Crippen LogP contribution in [0.2, 0.25) is 0 Å². The van der Waals surface area contributed by atoms with Gasteiger partial charge in [-0.15, -0.1) is 0 Å². The van der Waals surface area contributed by atoms with Crippen LogP contribution in [0, 0.1) is 0 Å². The summed E-state index contributed by atoms with van der Waals surface area (Å²) in [4.78, 5) is 23.4. The molecule has 0 aliphatic heterocycles. The highest BCUT2D eigenvalue weighted by atomic mass is 32.2. The Hall–Kier alpha value is -2.14. The van der Waals surface area contributed by atoms with Crippen LogP contribution >= 0.6 is 0 Å². The quantitative estimate of drug-likeness (QED) is 0.704. The topological polar surface area (TPSA) is 92.8 Å². The van der Waals surface area contributed by atoms with Gasteiger partial charge in [0.2, 0.25) is 15.9 Å². The summed E-state index contributed by atoms with van der Waals surface area (Å²) in [6.07, 6.45) is -4.88. The van der Waals surface area contributed by atoms with Crippen LogP contribution < -0.4 is 4.72 Å². The van der Waals surface area contributed by atoms with E-state index >= 15 is 0 Å². The fourth-order valence-electron chi connectivity index (χ4n) is 2.09. The molecule has 0 saturated carbocycles. The minimum atomic E-state index is -4.88. The average molecular weight is 396 g/mol. The summed E-state index contributed by atoms with van der Waals surface area (Å²) >= 11 is 0. The maximum atomic E-state index is 13.0. The number of likely N-dealkylation sites (N-methyl/N-ethyl adjacent to an activating group) is 1. The van der Waals surface area contributed by atoms with E-state index in [0.717, 1.165) is 30.0 Å². The lowest BCUT2D eigenvalue weighted by molar-refractivity contribution is -0.148. The van der Waals surface area contributed by atoms with Crippen molar-refractivity contribution in [2.45, 2.75) is 31.0 Å². The van der Waals surface area contributed by atoms with Crippen LogP contribution in [-0.2, 0) is 30.5 Å². The first kappa shape index (κ1) is 21.9. The number of amides is 1. The number of sulfonamides is 1. The minimum absolute atomic E-state index is 0.108. The van der Waals surface area contributed by atoms with E-state index in [-0.39, 0.29) is 6.61 Å². The normalized spacial score (nSPS) is 13.2. The van der Waals surface area contributed by atoms with Gasteiger partial charge in [0.05, 0.1) is 23.1 Å². The molecule has 0 radical (unpaired) electrons. The molecular weight excluding hydrogens is 377 g/mol. The molecule has 0 spiro atoms. The number of esters is 1. The van der Waals surface area contributed by atoms with Crippen LogP contribution in [0.1, 0.15) is 19.4 Å². The number of rotatable bonds is 7. The van der Waals surface area contributed by atoms with Crippen molar-refractivity contribution in [2.75, 3.05) is 20.2 Å². The summed E-state index contributed by atoms with van der Waals surface area (Å²) in [6.45, 7) is 2.43. The smallest absolute Gasteiger partial charge is 0.417 e. The Bertz CT molecular complexity index is 765. The van der Waals surface area contributed by atoms with E-state index in [1.807, 2.05) is 4.72 Å². The molecule has 1 rings (SSSR count). The second kappa shape index (κ2) is 8.49. The number of benzene rings is 1. The van der Waals surface area contributed by atoms with Gasteiger partial charge in [0.15, 0.2) is 0 Å². The van der Waals surface area contributed by atoms with Crippen molar-refractivity contribution in [2.24, 2.45) is 0 Å². The summed E-state index contributed by atoms with van der Waals surface area (Å²) in [5, 5.41) is 0. The van der Waals surface area contributed by atoms with Crippen LogP contribution in [-0.4, -0.2) is 51.4 Å². The molecule has 1 aromatic carbocycles. The maximum Gasteiger partial charge on any atom is 0.417 e. The van der Waals surface area contributed by atoms with Crippen LogP contribution in [0.4, 0.5) is 13.2 Å². The Kier molecular flexibility index (Phi) is 7.16. The summed E-state index contributed by atoms with van der Waals surface area (Å²) in [5.41, 5.74) is -1.34. The number of alkyl halides is 3. The Labute approximate surface area is 149 Å². The van der Waals surface area contributed by atoms with Crippen LogP contribution in [0.3, 0.4) is 0 Å². The molecule has 26 heavy (non-hydrogen) atoms. The summed E-state index contributed by atoms with van der Waals surface area (Å²) in [7, 11) is -3.38. The Balaban J connectivity index is 2.97. The van der Waals surface area contributed by atoms with E-state index in [0.29, 0.717) is 6.07 Å². The fourth-order valence-corrected chi connectivity index (χ4v) is 3.51. The van der Waals surface area contributed by atoms with Crippen LogP contribution in [0.25, 0.3) is 0 Å². The van der Waals surface area contributed by atoms with Gasteiger partial charge >= 0.3 is 12.1 Å². The summed E-state index contributed by atoms with van der Waals surface area (Å²) < 4.78 is 70.1. The monoisotopic (exact) mass is 396 g/mol. The lowest BCUT2D eigenvalue weighted by atomic mass is 10.2. The molecule has 1 aromatic rings. The van der Waals surface area contributed by atoms with Crippen molar-refractivity contribution in [3.8, 4) is 0 Å². The number of nitrogens with zero attached hydrogens (tertiary/aromatic N) is 1. The molecule has 0 bridgehead atoms. The number of ether oxygens (including phenoxy) is 1. The van der Waals surface area contributed by atoms with Crippen molar-refractivity contribution < 1.29 is 35.9 Å². The van der Waals surface area contributed by atoms with E-state index in [1.54, 1.807) is 6.92 Å². The highest BCUT2D eigenvalue weighted by Crippen LogP contribution is 2.33. The number of halogens is 3. The number of hydrogen-bond acceptors (Lipinski definition) is 5. The SMILES string of the molecule is CCOC(=O)CN(C)C(=O)[C@H](C)NS(=O)(=O)c1ccccc1C(F)(F)F. The molecule has 11 heteroatoms. The zero-order valence-corrected chi connectivity index (χ0v) is 15.1. The molecule has 0 aromatic heterocycles. The largest absolute Gasteiger partial charge is 0.465 e. The summed E-state index contributed by atoms with van der Waals surface area (Å²) in [6, 6.07) is 2.24. The van der Waals surface area contributed by atoms with Crippen LogP contribution in [0.5, 0.6) is 0 Å². The zero-order valence-electron chi connectivity index (χ0n) is 14.3. The number of carbonyl (C=O) groups is 2. The number of nitrogens with one attached hydrogen (secondary N) is 1. The third kappa shape index (κ3) is 5.70. The second-order valence-corrected chi connectivity index (χ2v) is 7.02. The van der Waals surface area contributed by atoms with Gasteiger partial charge in [-0.1, -0.05) is 12.1 Å². The van der Waals surface area contributed by atoms with Crippen molar-refractivity contribution in [1.29, 1.82) is 0 Å². The zero-order chi connectivity index (χ0) is 20.1. The molecule has 1 atom stereocenters. The second-order valence-electron chi connectivity index (χ2n) is 5.34.